The van der Waals surface area contributed by atoms with Gasteiger partial charge in [-0.3, -0.25) is 0 Å². The van der Waals surface area contributed by atoms with Crippen molar-refractivity contribution in [3.05, 3.63) is 12.2 Å². The second kappa shape index (κ2) is 10.3. The van der Waals surface area contributed by atoms with E-state index in [9.17, 15) is 10.2 Å². The molecular formula is C15H28O5. The number of hydrogen-bond donors (Lipinski definition) is 3. The van der Waals surface area contributed by atoms with Crippen LogP contribution in [0, 0.1) is 0 Å². The maximum absolute atomic E-state index is 9.91. The van der Waals surface area contributed by atoms with Crippen LogP contribution in [0.1, 0.15) is 39.0 Å². The van der Waals surface area contributed by atoms with Crippen LogP contribution in [0.3, 0.4) is 0 Å². The number of ether oxygens (including phenoxy) is 2. The van der Waals surface area contributed by atoms with E-state index in [1.54, 1.807) is 0 Å². The third-order valence-corrected chi connectivity index (χ3v) is 3.49. The van der Waals surface area contributed by atoms with Gasteiger partial charge in [0, 0.05) is 0 Å². The number of allylic oxidation sites excluding steroid dienone is 1. The lowest BCUT2D eigenvalue weighted by atomic mass is 10.1. The zero-order valence-corrected chi connectivity index (χ0v) is 12.3. The maximum Gasteiger partial charge on any atom is 0.114 e. The Morgan fingerprint density at radius 2 is 2.05 bits per heavy atom. The van der Waals surface area contributed by atoms with Crippen molar-refractivity contribution in [2.45, 2.75) is 63.4 Å². The maximum atomic E-state index is 9.91. The number of hydrogen-bond acceptors (Lipinski definition) is 5. The summed E-state index contributed by atoms with van der Waals surface area (Å²) >= 11 is 0. The molecule has 118 valence electrons. The molecule has 1 saturated heterocycles. The van der Waals surface area contributed by atoms with E-state index >= 15 is 0 Å². The summed E-state index contributed by atoms with van der Waals surface area (Å²) in [5.41, 5.74) is 0. The highest BCUT2D eigenvalue weighted by Crippen LogP contribution is 2.20. The molecule has 0 aromatic heterocycles. The topological polar surface area (TPSA) is 79.2 Å². The molecule has 0 spiro atoms. The standard InChI is InChI=1S/C15H28O5/c1-2-3-4-5-6-7-8-9-19-13-11-20-15(14(13)18)12(17)10-16/h6-7,12-18H,2-5,8-11H2,1H3/b7-6+/t12-,13+,14-,15-/m1/s1. The lowest BCUT2D eigenvalue weighted by molar-refractivity contribution is -0.0726. The van der Waals surface area contributed by atoms with Crippen LogP contribution < -0.4 is 0 Å². The smallest absolute Gasteiger partial charge is 0.114 e. The van der Waals surface area contributed by atoms with Crippen molar-refractivity contribution in [3.63, 3.8) is 0 Å². The molecule has 0 aromatic rings. The van der Waals surface area contributed by atoms with Gasteiger partial charge in [-0.1, -0.05) is 31.9 Å². The zero-order chi connectivity index (χ0) is 14.8. The monoisotopic (exact) mass is 288 g/mol. The van der Waals surface area contributed by atoms with Gasteiger partial charge in [0.25, 0.3) is 0 Å². The number of rotatable bonds is 10. The summed E-state index contributed by atoms with van der Waals surface area (Å²) in [7, 11) is 0. The van der Waals surface area contributed by atoms with E-state index in [0.29, 0.717) is 6.61 Å². The summed E-state index contributed by atoms with van der Waals surface area (Å²) < 4.78 is 10.8. The van der Waals surface area contributed by atoms with E-state index in [2.05, 4.69) is 19.1 Å². The first-order valence-electron chi connectivity index (χ1n) is 7.55. The van der Waals surface area contributed by atoms with Crippen molar-refractivity contribution >= 4 is 0 Å². The lowest BCUT2D eigenvalue weighted by Crippen LogP contribution is -2.41. The molecule has 0 saturated carbocycles. The predicted octanol–water partition coefficient (Wildman–Crippen LogP) is 1.01. The molecule has 5 heteroatoms. The fourth-order valence-electron chi connectivity index (χ4n) is 2.24. The van der Waals surface area contributed by atoms with E-state index in [4.69, 9.17) is 14.6 Å². The van der Waals surface area contributed by atoms with Crippen molar-refractivity contribution in [3.8, 4) is 0 Å². The van der Waals surface area contributed by atoms with Crippen molar-refractivity contribution in [2.24, 2.45) is 0 Å². The van der Waals surface area contributed by atoms with Crippen LogP contribution in [0.25, 0.3) is 0 Å². The molecule has 4 atom stereocenters. The Hall–Kier alpha value is -0.460. The summed E-state index contributed by atoms with van der Waals surface area (Å²) in [6.45, 7) is 2.54. The normalized spacial score (nSPS) is 28.3. The first-order chi connectivity index (χ1) is 9.70. The average molecular weight is 288 g/mol. The van der Waals surface area contributed by atoms with Gasteiger partial charge in [-0.15, -0.1) is 0 Å². The van der Waals surface area contributed by atoms with Gasteiger partial charge in [0.05, 0.1) is 19.8 Å². The van der Waals surface area contributed by atoms with Crippen LogP contribution in [-0.2, 0) is 9.47 Å². The van der Waals surface area contributed by atoms with Crippen molar-refractivity contribution in [2.75, 3.05) is 19.8 Å². The zero-order valence-electron chi connectivity index (χ0n) is 12.3. The van der Waals surface area contributed by atoms with Crippen LogP contribution in [0.4, 0.5) is 0 Å². The van der Waals surface area contributed by atoms with Crippen LogP contribution in [0.15, 0.2) is 12.2 Å². The van der Waals surface area contributed by atoms with Crippen LogP contribution in [0.2, 0.25) is 0 Å². The molecule has 1 heterocycles. The summed E-state index contributed by atoms with van der Waals surface area (Å²) in [6, 6.07) is 0. The molecule has 0 bridgehead atoms. The van der Waals surface area contributed by atoms with E-state index in [-0.39, 0.29) is 6.61 Å². The van der Waals surface area contributed by atoms with Crippen molar-refractivity contribution in [1.82, 2.24) is 0 Å². The van der Waals surface area contributed by atoms with Gasteiger partial charge in [0.15, 0.2) is 0 Å². The molecule has 1 aliphatic heterocycles. The van der Waals surface area contributed by atoms with Gasteiger partial charge in [0.2, 0.25) is 0 Å². The van der Waals surface area contributed by atoms with E-state index < -0.39 is 31.0 Å². The molecule has 1 aliphatic rings. The largest absolute Gasteiger partial charge is 0.394 e. The van der Waals surface area contributed by atoms with Gasteiger partial charge >= 0.3 is 0 Å². The summed E-state index contributed by atoms with van der Waals surface area (Å²) in [5, 5.41) is 28.2. The molecule has 0 radical (unpaired) electrons. The van der Waals surface area contributed by atoms with E-state index in [1.807, 2.05) is 0 Å². The molecule has 1 fully saturated rings. The first kappa shape index (κ1) is 17.6. The van der Waals surface area contributed by atoms with Crippen LogP contribution in [-0.4, -0.2) is 59.6 Å². The Labute approximate surface area is 121 Å². The second-order valence-electron chi connectivity index (χ2n) is 5.20. The van der Waals surface area contributed by atoms with Crippen LogP contribution in [0.5, 0.6) is 0 Å². The Balaban J connectivity index is 2.11. The van der Waals surface area contributed by atoms with E-state index in [1.165, 1.54) is 19.3 Å². The van der Waals surface area contributed by atoms with Gasteiger partial charge in [0.1, 0.15) is 24.4 Å². The quantitative estimate of drug-likeness (QED) is 0.413. The molecule has 0 aliphatic carbocycles. The first-order valence-corrected chi connectivity index (χ1v) is 7.55. The number of unbranched alkanes of at least 4 members (excludes halogenated alkanes) is 3. The molecule has 0 amide bonds. The lowest BCUT2D eigenvalue weighted by Gasteiger charge is -2.20. The molecule has 1 rings (SSSR count). The Morgan fingerprint density at radius 3 is 2.75 bits per heavy atom. The van der Waals surface area contributed by atoms with Crippen molar-refractivity contribution < 1.29 is 24.8 Å². The highest BCUT2D eigenvalue weighted by molar-refractivity contribution is 4.89. The van der Waals surface area contributed by atoms with Gasteiger partial charge in [-0.25, -0.2) is 0 Å². The van der Waals surface area contributed by atoms with Gasteiger partial charge in [-0.05, 0) is 19.3 Å². The summed E-state index contributed by atoms with van der Waals surface area (Å²) in [5.74, 6) is 0. The molecule has 5 nitrogen and oxygen atoms in total. The highest BCUT2D eigenvalue weighted by atomic mass is 16.6. The highest BCUT2D eigenvalue weighted by Gasteiger charge is 2.40. The Morgan fingerprint density at radius 1 is 1.30 bits per heavy atom. The minimum absolute atomic E-state index is 0.253. The third kappa shape index (κ3) is 5.89. The average Bonchev–Trinajstić information content (AvgIpc) is 2.82. The fourth-order valence-corrected chi connectivity index (χ4v) is 2.24. The number of aliphatic hydroxyl groups excluding tert-OH is 3. The van der Waals surface area contributed by atoms with Crippen LogP contribution >= 0.6 is 0 Å². The molecule has 20 heavy (non-hydrogen) atoms. The number of aliphatic hydroxyl groups is 3. The summed E-state index contributed by atoms with van der Waals surface area (Å²) in [6.07, 6.45) is 6.78. The minimum Gasteiger partial charge on any atom is -0.394 e. The van der Waals surface area contributed by atoms with Gasteiger partial charge in [-0.2, -0.15) is 0 Å². The van der Waals surface area contributed by atoms with Gasteiger partial charge < -0.3 is 24.8 Å². The SMILES string of the molecule is CCCCC/C=C/CCO[C@H]1CO[C@H]([C@H](O)CO)[C@@H]1O. The molecular weight excluding hydrogens is 260 g/mol. The third-order valence-electron chi connectivity index (χ3n) is 3.49. The minimum atomic E-state index is -1.06. The van der Waals surface area contributed by atoms with Crippen molar-refractivity contribution in [1.29, 1.82) is 0 Å². The summed E-state index contributed by atoms with van der Waals surface area (Å²) in [4.78, 5) is 0. The second-order valence-corrected chi connectivity index (χ2v) is 5.20. The molecule has 0 unspecified atom stereocenters. The molecule has 0 aromatic carbocycles. The Bertz CT molecular complexity index is 269. The predicted molar refractivity (Wildman–Crippen MR) is 76.5 cm³/mol. The Kier molecular flexibility index (Phi) is 9.05. The fraction of sp³-hybridized carbons (Fsp3) is 0.867. The molecule has 3 N–H and O–H groups in total. The van der Waals surface area contributed by atoms with E-state index in [0.717, 1.165) is 12.8 Å².